The van der Waals surface area contributed by atoms with Crippen LogP contribution < -0.4 is 0 Å². The Hall–Kier alpha value is -3.27. The summed E-state index contributed by atoms with van der Waals surface area (Å²) in [6.45, 7) is 0. The molecule has 0 atom stereocenters. The molecule has 0 spiro atoms. The van der Waals surface area contributed by atoms with Gasteiger partial charge in [-0.25, -0.2) is 4.98 Å². The van der Waals surface area contributed by atoms with Crippen LogP contribution in [0.1, 0.15) is 0 Å². The van der Waals surface area contributed by atoms with E-state index in [0.717, 1.165) is 38.5 Å². The van der Waals surface area contributed by atoms with Gasteiger partial charge in [0.2, 0.25) is 5.71 Å². The maximum Gasteiger partial charge on any atom is 0.227 e. The molecule has 0 aliphatic heterocycles. The molecule has 0 aliphatic carbocycles. The Balaban J connectivity index is 1.81. The molecule has 0 saturated heterocycles. The topological polar surface area (TPSA) is 51.8 Å². The zero-order valence-electron chi connectivity index (χ0n) is 12.1. The summed E-state index contributed by atoms with van der Waals surface area (Å²) >= 11 is 0. The monoisotopic (exact) mass is 297 g/mol. The number of hydrogen-bond donors (Lipinski definition) is 0. The summed E-state index contributed by atoms with van der Waals surface area (Å²) in [4.78, 5) is 13.3. The van der Waals surface area contributed by atoms with Gasteiger partial charge in [0.05, 0.1) is 17.4 Å². The van der Waals surface area contributed by atoms with Crippen LogP contribution >= 0.6 is 0 Å². The molecule has 5 rings (SSSR count). The van der Waals surface area contributed by atoms with Crippen molar-refractivity contribution in [2.45, 2.75) is 0 Å². The number of pyridine rings is 3. The Morgan fingerprint density at radius 3 is 2.78 bits per heavy atom. The molecule has 4 aromatic heterocycles. The predicted octanol–water partition coefficient (Wildman–Crippen LogP) is 4.59. The van der Waals surface area contributed by atoms with E-state index in [9.17, 15) is 0 Å². The Bertz CT molecular complexity index is 1170. The van der Waals surface area contributed by atoms with E-state index >= 15 is 0 Å². The lowest BCUT2D eigenvalue weighted by Crippen LogP contribution is -1.87. The van der Waals surface area contributed by atoms with Crippen molar-refractivity contribution in [3.8, 4) is 11.3 Å². The van der Waals surface area contributed by atoms with Crippen LogP contribution in [0.15, 0.2) is 71.5 Å². The third-order valence-corrected chi connectivity index (χ3v) is 4.05. The van der Waals surface area contributed by atoms with E-state index in [2.05, 4.69) is 22.1 Å². The van der Waals surface area contributed by atoms with E-state index in [1.807, 2.05) is 36.4 Å². The highest BCUT2D eigenvalue weighted by Gasteiger charge is 2.11. The van der Waals surface area contributed by atoms with E-state index in [4.69, 9.17) is 9.40 Å². The molecule has 4 heteroatoms. The minimum atomic E-state index is 0.624. The van der Waals surface area contributed by atoms with Crippen molar-refractivity contribution < 1.29 is 4.42 Å². The van der Waals surface area contributed by atoms with Gasteiger partial charge in [0.15, 0.2) is 5.58 Å². The summed E-state index contributed by atoms with van der Waals surface area (Å²) < 4.78 is 5.83. The van der Waals surface area contributed by atoms with Gasteiger partial charge in [-0.3, -0.25) is 9.97 Å². The van der Waals surface area contributed by atoms with Crippen molar-refractivity contribution in [1.29, 1.82) is 0 Å². The molecule has 4 heterocycles. The minimum Gasteiger partial charge on any atom is -0.436 e. The first-order valence-corrected chi connectivity index (χ1v) is 7.37. The highest BCUT2D eigenvalue weighted by Crippen LogP contribution is 2.31. The van der Waals surface area contributed by atoms with Crippen molar-refractivity contribution in [3.63, 3.8) is 0 Å². The number of benzene rings is 1. The summed E-state index contributed by atoms with van der Waals surface area (Å²) in [5.41, 5.74) is 4.18. The lowest BCUT2D eigenvalue weighted by atomic mass is 10.1. The second-order valence-corrected chi connectivity index (χ2v) is 5.40. The minimum absolute atomic E-state index is 0.624. The van der Waals surface area contributed by atoms with Crippen molar-refractivity contribution in [2.24, 2.45) is 0 Å². The SMILES string of the molecule is c1cnc2c(-c3ccc4c(n3)oc3cnccc34)cccc2c1. The number of aromatic nitrogens is 3. The van der Waals surface area contributed by atoms with Crippen LogP contribution in [0.5, 0.6) is 0 Å². The largest absolute Gasteiger partial charge is 0.436 e. The zero-order valence-corrected chi connectivity index (χ0v) is 12.1. The summed E-state index contributed by atoms with van der Waals surface area (Å²) in [6.07, 6.45) is 5.28. The van der Waals surface area contributed by atoms with Crippen LogP contribution in [-0.2, 0) is 0 Å². The highest BCUT2D eigenvalue weighted by molar-refractivity contribution is 6.04. The third-order valence-electron chi connectivity index (χ3n) is 4.05. The molecule has 1 aromatic carbocycles. The first-order valence-electron chi connectivity index (χ1n) is 7.37. The number of hydrogen-bond acceptors (Lipinski definition) is 4. The van der Waals surface area contributed by atoms with Crippen LogP contribution in [0.3, 0.4) is 0 Å². The lowest BCUT2D eigenvalue weighted by Gasteiger charge is -2.04. The fourth-order valence-corrected chi connectivity index (χ4v) is 2.97. The number of nitrogens with zero attached hydrogens (tertiary/aromatic N) is 3. The van der Waals surface area contributed by atoms with E-state index < -0.39 is 0 Å². The van der Waals surface area contributed by atoms with Gasteiger partial charge in [-0.1, -0.05) is 24.3 Å². The quantitative estimate of drug-likeness (QED) is 0.454. The van der Waals surface area contributed by atoms with Crippen molar-refractivity contribution in [1.82, 2.24) is 15.0 Å². The molecule has 0 saturated carbocycles. The predicted molar refractivity (Wildman–Crippen MR) is 90.0 cm³/mol. The van der Waals surface area contributed by atoms with E-state index in [-0.39, 0.29) is 0 Å². The molecule has 0 bridgehead atoms. The van der Waals surface area contributed by atoms with Crippen molar-refractivity contribution in [3.05, 3.63) is 67.1 Å². The Kier molecular flexibility index (Phi) is 2.46. The van der Waals surface area contributed by atoms with Gasteiger partial charge in [0, 0.05) is 34.1 Å². The number of fused-ring (bicyclic) bond motifs is 4. The van der Waals surface area contributed by atoms with Gasteiger partial charge < -0.3 is 4.42 Å². The van der Waals surface area contributed by atoms with Crippen molar-refractivity contribution in [2.75, 3.05) is 0 Å². The fourth-order valence-electron chi connectivity index (χ4n) is 2.97. The van der Waals surface area contributed by atoms with Crippen LogP contribution in [0.25, 0.3) is 44.2 Å². The summed E-state index contributed by atoms with van der Waals surface area (Å²) in [7, 11) is 0. The molecular weight excluding hydrogens is 286 g/mol. The molecule has 0 N–H and O–H groups in total. The second kappa shape index (κ2) is 4.61. The maximum absolute atomic E-state index is 5.83. The van der Waals surface area contributed by atoms with Crippen LogP contribution in [0.4, 0.5) is 0 Å². The van der Waals surface area contributed by atoms with Gasteiger partial charge in [0.1, 0.15) is 0 Å². The van der Waals surface area contributed by atoms with Gasteiger partial charge in [-0.15, -0.1) is 0 Å². The standard InChI is InChI=1S/C19H11N3O/c1-3-12-4-2-9-21-18(12)15(5-1)16-7-6-14-13-8-10-20-11-17(13)23-19(14)22-16/h1-11H. The van der Waals surface area contributed by atoms with E-state index in [1.165, 1.54) is 0 Å². The highest BCUT2D eigenvalue weighted by atomic mass is 16.3. The molecule has 0 fully saturated rings. The van der Waals surface area contributed by atoms with E-state index in [0.29, 0.717) is 5.71 Å². The second-order valence-electron chi connectivity index (χ2n) is 5.40. The van der Waals surface area contributed by atoms with Gasteiger partial charge in [-0.05, 0) is 24.3 Å². The molecule has 108 valence electrons. The number of furan rings is 1. The lowest BCUT2D eigenvalue weighted by molar-refractivity contribution is 0.653. The van der Waals surface area contributed by atoms with Crippen molar-refractivity contribution >= 4 is 33.0 Å². The van der Waals surface area contributed by atoms with Crippen LogP contribution in [-0.4, -0.2) is 15.0 Å². The molecule has 5 aromatic rings. The molecule has 0 amide bonds. The molecule has 0 unspecified atom stereocenters. The molecule has 4 nitrogen and oxygen atoms in total. The Labute approximate surface area is 131 Å². The van der Waals surface area contributed by atoms with Crippen LogP contribution in [0, 0.1) is 0 Å². The molecule has 23 heavy (non-hydrogen) atoms. The fraction of sp³-hybridized carbons (Fsp3) is 0. The summed E-state index contributed by atoms with van der Waals surface area (Å²) in [5, 5.41) is 3.13. The summed E-state index contributed by atoms with van der Waals surface area (Å²) in [6, 6.07) is 16.1. The van der Waals surface area contributed by atoms with E-state index in [1.54, 1.807) is 18.6 Å². The smallest absolute Gasteiger partial charge is 0.227 e. The average molecular weight is 297 g/mol. The number of rotatable bonds is 1. The molecule has 0 aliphatic rings. The van der Waals surface area contributed by atoms with Gasteiger partial charge in [0.25, 0.3) is 0 Å². The third kappa shape index (κ3) is 1.82. The zero-order chi connectivity index (χ0) is 15.2. The first-order chi connectivity index (χ1) is 11.4. The van der Waals surface area contributed by atoms with Gasteiger partial charge in [-0.2, -0.15) is 0 Å². The molecule has 0 radical (unpaired) electrons. The van der Waals surface area contributed by atoms with Gasteiger partial charge >= 0.3 is 0 Å². The molecular formula is C19H11N3O. The van der Waals surface area contributed by atoms with Crippen LogP contribution in [0.2, 0.25) is 0 Å². The summed E-state index contributed by atoms with van der Waals surface area (Å²) in [5.74, 6) is 0. The average Bonchev–Trinajstić information content (AvgIpc) is 2.99. The maximum atomic E-state index is 5.83. The first kappa shape index (κ1) is 12.3. The Morgan fingerprint density at radius 1 is 0.826 bits per heavy atom. The normalized spacial score (nSPS) is 11.5. The Morgan fingerprint density at radius 2 is 1.78 bits per heavy atom. The number of para-hydroxylation sites is 1.